The molecule has 0 N–H and O–H groups in total. The third-order valence-electron chi connectivity index (χ3n) is 3.00. The van der Waals surface area contributed by atoms with E-state index < -0.39 is 0 Å². The van der Waals surface area contributed by atoms with Crippen LogP contribution in [0.2, 0.25) is 0 Å². The van der Waals surface area contributed by atoms with Crippen LogP contribution in [0.5, 0.6) is 0 Å². The summed E-state index contributed by atoms with van der Waals surface area (Å²) in [5.41, 5.74) is 2.48. The fourth-order valence-electron chi connectivity index (χ4n) is 2.11. The van der Waals surface area contributed by atoms with Crippen molar-refractivity contribution in [3.05, 3.63) is 65.7 Å². The zero-order chi connectivity index (χ0) is 15.2. The highest BCUT2D eigenvalue weighted by molar-refractivity contribution is 6.12. The van der Waals surface area contributed by atoms with E-state index in [1.165, 1.54) is 6.92 Å². The maximum atomic E-state index is 12.5. The normalized spacial score (nSPS) is 11.2. The van der Waals surface area contributed by atoms with Gasteiger partial charge in [-0.3, -0.25) is 14.6 Å². The summed E-state index contributed by atoms with van der Waals surface area (Å²) in [7, 11) is 0. The van der Waals surface area contributed by atoms with Crippen molar-refractivity contribution < 1.29 is 9.59 Å². The van der Waals surface area contributed by atoms with Crippen molar-refractivity contribution >= 4 is 23.0 Å². The summed E-state index contributed by atoms with van der Waals surface area (Å²) in [4.78, 5) is 28.1. The smallest absolute Gasteiger partial charge is 0.195 e. The van der Waals surface area contributed by atoms with Crippen molar-refractivity contribution in [2.45, 2.75) is 20.3 Å². The van der Waals surface area contributed by atoms with Crippen LogP contribution in [-0.2, 0) is 4.79 Å². The highest BCUT2D eigenvalue weighted by atomic mass is 16.1. The van der Waals surface area contributed by atoms with Gasteiger partial charge in [0, 0.05) is 23.3 Å². The molecule has 2 aromatic rings. The topological polar surface area (TPSA) is 46.5 Å². The summed E-state index contributed by atoms with van der Waals surface area (Å²) < 4.78 is 0. The fraction of sp³-hybridized carbons (Fsp3) is 0.167. The number of para-hydroxylation sites is 1. The number of ketones is 2. The molecule has 0 aliphatic carbocycles. The zero-order valence-corrected chi connectivity index (χ0v) is 12.2. The van der Waals surface area contributed by atoms with E-state index in [1.807, 2.05) is 30.3 Å². The minimum atomic E-state index is -0.0643. The molecule has 0 spiro atoms. The average Bonchev–Trinajstić information content (AvgIpc) is 2.47. The average molecular weight is 279 g/mol. The monoisotopic (exact) mass is 279 g/mol. The lowest BCUT2D eigenvalue weighted by Crippen LogP contribution is -2.03. The van der Waals surface area contributed by atoms with Crippen LogP contribution in [0, 0.1) is 0 Å². The predicted octanol–water partition coefficient (Wildman–Crippen LogP) is 3.99. The quantitative estimate of drug-likeness (QED) is 0.613. The van der Waals surface area contributed by atoms with Crippen molar-refractivity contribution in [2.75, 3.05) is 0 Å². The predicted molar refractivity (Wildman–Crippen MR) is 84.4 cm³/mol. The highest BCUT2D eigenvalue weighted by Gasteiger charge is 2.12. The lowest BCUT2D eigenvalue weighted by molar-refractivity contribution is -0.115. The number of aliphatic imine (C=N–C) groups is 1. The van der Waals surface area contributed by atoms with Gasteiger partial charge < -0.3 is 0 Å². The van der Waals surface area contributed by atoms with Crippen molar-refractivity contribution in [1.82, 2.24) is 0 Å². The van der Waals surface area contributed by atoms with E-state index in [0.29, 0.717) is 28.9 Å². The van der Waals surface area contributed by atoms with Crippen LogP contribution < -0.4 is 0 Å². The van der Waals surface area contributed by atoms with Crippen LogP contribution in [0.15, 0.2) is 59.6 Å². The molecule has 0 aliphatic heterocycles. The molecule has 0 bridgehead atoms. The van der Waals surface area contributed by atoms with E-state index >= 15 is 0 Å². The van der Waals surface area contributed by atoms with E-state index in [4.69, 9.17) is 0 Å². The summed E-state index contributed by atoms with van der Waals surface area (Å²) in [5, 5.41) is 0. The second kappa shape index (κ2) is 6.75. The largest absolute Gasteiger partial charge is 0.300 e. The number of hydrogen-bond acceptors (Lipinski definition) is 3. The van der Waals surface area contributed by atoms with Gasteiger partial charge >= 0.3 is 0 Å². The maximum absolute atomic E-state index is 12.5. The number of carbonyl (C=O) groups excluding carboxylic acids is 2. The summed E-state index contributed by atoms with van der Waals surface area (Å²) in [6.45, 7) is 3.32. The Morgan fingerprint density at radius 3 is 2.19 bits per heavy atom. The molecule has 0 aliphatic rings. The van der Waals surface area contributed by atoms with Gasteiger partial charge in [0.15, 0.2) is 5.78 Å². The third kappa shape index (κ3) is 3.96. The Morgan fingerprint density at radius 1 is 0.905 bits per heavy atom. The van der Waals surface area contributed by atoms with Crippen LogP contribution in [0.3, 0.4) is 0 Å². The Kier molecular flexibility index (Phi) is 4.77. The summed E-state index contributed by atoms with van der Waals surface area (Å²) in [5.74, 6) is -0.00584. The molecule has 0 heterocycles. The molecule has 21 heavy (non-hydrogen) atoms. The number of carbonyl (C=O) groups is 2. The van der Waals surface area contributed by atoms with Crippen LogP contribution in [0.1, 0.15) is 36.2 Å². The minimum absolute atomic E-state index is 0.0584. The van der Waals surface area contributed by atoms with Crippen LogP contribution in [0.25, 0.3) is 0 Å². The lowest BCUT2D eigenvalue weighted by Gasteiger charge is -2.06. The number of benzene rings is 2. The molecule has 0 saturated carbocycles. The number of rotatable bonds is 5. The molecule has 0 fully saturated rings. The van der Waals surface area contributed by atoms with Crippen molar-refractivity contribution in [3.63, 3.8) is 0 Å². The summed E-state index contributed by atoms with van der Waals surface area (Å²) in [6.07, 6.45) is 0.299. The molecule has 0 unspecified atom stereocenters. The van der Waals surface area contributed by atoms with Gasteiger partial charge in [0.1, 0.15) is 5.78 Å². The Hall–Kier alpha value is -2.55. The summed E-state index contributed by atoms with van der Waals surface area (Å²) in [6, 6.07) is 16.3. The Bertz CT molecular complexity index is 687. The SMILES string of the molecule is CC(=O)CC(C)=Nc1ccccc1C(=O)c1ccccc1. The summed E-state index contributed by atoms with van der Waals surface area (Å²) >= 11 is 0. The molecule has 0 aromatic heterocycles. The maximum Gasteiger partial charge on any atom is 0.195 e. The molecular weight excluding hydrogens is 262 g/mol. The second-order valence-corrected chi connectivity index (χ2v) is 4.94. The van der Waals surface area contributed by atoms with Gasteiger partial charge in [0.2, 0.25) is 0 Å². The first-order chi connectivity index (χ1) is 10.1. The van der Waals surface area contributed by atoms with Gasteiger partial charge in [-0.2, -0.15) is 0 Å². The molecule has 0 radical (unpaired) electrons. The first-order valence-corrected chi connectivity index (χ1v) is 6.80. The molecule has 2 aromatic carbocycles. The third-order valence-corrected chi connectivity index (χ3v) is 3.00. The first-order valence-electron chi connectivity index (χ1n) is 6.80. The molecular formula is C18H17NO2. The van der Waals surface area contributed by atoms with Crippen molar-refractivity contribution in [2.24, 2.45) is 4.99 Å². The molecule has 3 nitrogen and oxygen atoms in total. The number of nitrogens with zero attached hydrogens (tertiary/aromatic N) is 1. The lowest BCUT2D eigenvalue weighted by atomic mass is 10.0. The van der Waals surface area contributed by atoms with E-state index in [-0.39, 0.29) is 11.6 Å². The van der Waals surface area contributed by atoms with Crippen molar-refractivity contribution in [3.8, 4) is 0 Å². The zero-order valence-electron chi connectivity index (χ0n) is 12.2. The van der Waals surface area contributed by atoms with E-state index in [0.717, 1.165) is 0 Å². The standard InChI is InChI=1S/C18H17NO2/c1-13(12-14(2)20)19-17-11-7-6-10-16(17)18(21)15-8-4-3-5-9-15/h3-11H,12H2,1-2H3. The second-order valence-electron chi connectivity index (χ2n) is 4.94. The van der Waals surface area contributed by atoms with Gasteiger partial charge in [-0.1, -0.05) is 42.5 Å². The van der Waals surface area contributed by atoms with Crippen molar-refractivity contribution in [1.29, 1.82) is 0 Å². The fourth-order valence-corrected chi connectivity index (χ4v) is 2.11. The van der Waals surface area contributed by atoms with Gasteiger partial charge in [0.25, 0.3) is 0 Å². The molecule has 0 atom stereocenters. The Balaban J connectivity index is 2.38. The minimum Gasteiger partial charge on any atom is -0.300 e. The molecule has 3 heteroatoms. The highest BCUT2D eigenvalue weighted by Crippen LogP contribution is 2.22. The van der Waals surface area contributed by atoms with E-state index in [1.54, 1.807) is 31.2 Å². The Morgan fingerprint density at radius 2 is 1.52 bits per heavy atom. The first kappa shape index (κ1) is 14.9. The van der Waals surface area contributed by atoms with Gasteiger partial charge in [0.05, 0.1) is 5.69 Å². The molecule has 106 valence electrons. The van der Waals surface area contributed by atoms with Crippen LogP contribution in [-0.4, -0.2) is 17.3 Å². The van der Waals surface area contributed by atoms with Gasteiger partial charge in [-0.05, 0) is 26.0 Å². The number of hydrogen-bond donors (Lipinski definition) is 0. The van der Waals surface area contributed by atoms with Gasteiger partial charge in [-0.25, -0.2) is 0 Å². The molecule has 2 rings (SSSR count). The number of Topliss-reactive ketones (excluding diaryl/α,β-unsaturated/α-hetero) is 1. The molecule has 0 saturated heterocycles. The molecule has 0 amide bonds. The van der Waals surface area contributed by atoms with Crippen LogP contribution in [0.4, 0.5) is 5.69 Å². The van der Waals surface area contributed by atoms with E-state index in [2.05, 4.69) is 4.99 Å². The van der Waals surface area contributed by atoms with Gasteiger partial charge in [-0.15, -0.1) is 0 Å². The van der Waals surface area contributed by atoms with E-state index in [9.17, 15) is 9.59 Å². The van der Waals surface area contributed by atoms with Crippen LogP contribution >= 0.6 is 0 Å². The Labute approximate surface area is 124 Å².